The zero-order valence-corrected chi connectivity index (χ0v) is 23.6. The third-order valence-corrected chi connectivity index (χ3v) is 8.31. The SMILES string of the molecule is c1ccc(-c2ccc3c(c2)c2ccncc2n3-c2ccc3oc4c(-c5ccccc5)nc(-c5ccccc5)nc4c3c2)cc1. The van der Waals surface area contributed by atoms with Crippen molar-refractivity contribution in [2.45, 2.75) is 0 Å². The van der Waals surface area contributed by atoms with Crippen molar-refractivity contribution >= 4 is 43.9 Å². The summed E-state index contributed by atoms with van der Waals surface area (Å²) in [7, 11) is 0. The molecule has 9 aromatic rings. The van der Waals surface area contributed by atoms with Gasteiger partial charge in [-0.3, -0.25) is 4.98 Å². The molecule has 0 aliphatic rings. The van der Waals surface area contributed by atoms with Crippen molar-refractivity contribution in [3.63, 3.8) is 0 Å². The number of rotatable bonds is 4. The molecule has 0 bridgehead atoms. The Bertz CT molecular complexity index is 2480. The number of hydrogen-bond acceptors (Lipinski definition) is 4. The average Bonchev–Trinajstić information content (AvgIpc) is 3.64. The zero-order valence-electron chi connectivity index (χ0n) is 23.6. The molecule has 5 heteroatoms. The van der Waals surface area contributed by atoms with Crippen LogP contribution < -0.4 is 0 Å². The molecule has 4 aromatic heterocycles. The fourth-order valence-corrected chi connectivity index (χ4v) is 6.24. The zero-order chi connectivity index (χ0) is 29.0. The summed E-state index contributed by atoms with van der Waals surface area (Å²) in [5.74, 6) is 0.666. The maximum atomic E-state index is 6.49. The second-order valence-electron chi connectivity index (χ2n) is 10.9. The molecule has 0 atom stereocenters. The lowest BCUT2D eigenvalue weighted by atomic mass is 10.0. The number of benzene rings is 5. The van der Waals surface area contributed by atoms with Crippen molar-refractivity contribution in [3.05, 3.63) is 146 Å². The predicted molar refractivity (Wildman–Crippen MR) is 178 cm³/mol. The van der Waals surface area contributed by atoms with Crippen LogP contribution in [0.5, 0.6) is 0 Å². The molecule has 0 unspecified atom stereocenters. The normalized spacial score (nSPS) is 11.6. The largest absolute Gasteiger partial charge is 0.452 e. The van der Waals surface area contributed by atoms with Crippen LogP contribution in [0.2, 0.25) is 0 Å². The Morgan fingerprint density at radius 3 is 2.02 bits per heavy atom. The summed E-state index contributed by atoms with van der Waals surface area (Å²) < 4.78 is 8.77. The van der Waals surface area contributed by atoms with Gasteiger partial charge in [-0.2, -0.15) is 0 Å². The molecule has 44 heavy (non-hydrogen) atoms. The van der Waals surface area contributed by atoms with Crippen molar-refractivity contribution in [2.75, 3.05) is 0 Å². The van der Waals surface area contributed by atoms with Crippen molar-refractivity contribution in [3.8, 4) is 39.5 Å². The molecule has 5 aromatic carbocycles. The number of pyridine rings is 1. The van der Waals surface area contributed by atoms with E-state index in [1.165, 1.54) is 16.5 Å². The first kappa shape index (κ1) is 24.5. The molecule has 4 heterocycles. The van der Waals surface area contributed by atoms with Crippen LogP contribution in [-0.4, -0.2) is 19.5 Å². The van der Waals surface area contributed by atoms with Gasteiger partial charge in [-0.1, -0.05) is 97.1 Å². The summed E-state index contributed by atoms with van der Waals surface area (Å²) in [6.07, 6.45) is 3.81. The van der Waals surface area contributed by atoms with Crippen LogP contribution in [0.25, 0.3) is 83.3 Å². The molecule has 5 nitrogen and oxygen atoms in total. The summed E-state index contributed by atoms with van der Waals surface area (Å²) in [6, 6.07) is 45.9. The first-order valence-corrected chi connectivity index (χ1v) is 14.6. The van der Waals surface area contributed by atoms with E-state index in [1.54, 1.807) is 0 Å². The van der Waals surface area contributed by atoms with Gasteiger partial charge in [0.25, 0.3) is 0 Å². The minimum absolute atomic E-state index is 0.666. The van der Waals surface area contributed by atoms with Gasteiger partial charge < -0.3 is 8.98 Å². The number of aromatic nitrogens is 4. The molecule has 0 N–H and O–H groups in total. The minimum atomic E-state index is 0.666. The molecule has 0 spiro atoms. The monoisotopic (exact) mass is 564 g/mol. The molecule has 0 aliphatic carbocycles. The number of hydrogen-bond donors (Lipinski definition) is 0. The van der Waals surface area contributed by atoms with Crippen molar-refractivity contribution in [1.29, 1.82) is 0 Å². The van der Waals surface area contributed by atoms with Gasteiger partial charge >= 0.3 is 0 Å². The topological polar surface area (TPSA) is 56.7 Å². The lowest BCUT2D eigenvalue weighted by molar-refractivity contribution is 0.667. The fourth-order valence-electron chi connectivity index (χ4n) is 6.24. The molecule has 0 aliphatic heterocycles. The van der Waals surface area contributed by atoms with Gasteiger partial charge in [-0.15, -0.1) is 0 Å². The number of furan rings is 1. The van der Waals surface area contributed by atoms with Gasteiger partial charge in [-0.25, -0.2) is 9.97 Å². The quantitative estimate of drug-likeness (QED) is 0.213. The van der Waals surface area contributed by atoms with Crippen molar-refractivity contribution in [1.82, 2.24) is 19.5 Å². The first-order chi connectivity index (χ1) is 21.8. The highest BCUT2D eigenvalue weighted by Crippen LogP contribution is 2.39. The van der Waals surface area contributed by atoms with E-state index in [0.717, 1.165) is 55.4 Å². The maximum Gasteiger partial charge on any atom is 0.180 e. The molecular weight excluding hydrogens is 540 g/mol. The van der Waals surface area contributed by atoms with Crippen molar-refractivity contribution < 1.29 is 4.42 Å². The number of fused-ring (bicyclic) bond motifs is 6. The lowest BCUT2D eigenvalue weighted by Gasteiger charge is -2.08. The second-order valence-corrected chi connectivity index (χ2v) is 10.9. The summed E-state index contributed by atoms with van der Waals surface area (Å²) >= 11 is 0. The summed E-state index contributed by atoms with van der Waals surface area (Å²) in [6.45, 7) is 0. The summed E-state index contributed by atoms with van der Waals surface area (Å²) in [4.78, 5) is 14.6. The molecular formula is C39H24N4O. The third kappa shape index (κ3) is 3.83. The Balaban J connectivity index is 1.30. The molecule has 206 valence electrons. The van der Waals surface area contributed by atoms with Gasteiger partial charge in [-0.05, 0) is 47.5 Å². The highest BCUT2D eigenvalue weighted by atomic mass is 16.3. The van der Waals surface area contributed by atoms with Crippen LogP contribution in [-0.2, 0) is 0 Å². The van der Waals surface area contributed by atoms with Gasteiger partial charge in [0.15, 0.2) is 11.4 Å². The highest BCUT2D eigenvalue weighted by molar-refractivity contribution is 6.11. The van der Waals surface area contributed by atoms with E-state index >= 15 is 0 Å². The highest BCUT2D eigenvalue weighted by Gasteiger charge is 2.20. The Labute approximate surface area is 252 Å². The van der Waals surface area contributed by atoms with Crippen LogP contribution in [0.15, 0.2) is 150 Å². The van der Waals surface area contributed by atoms with E-state index in [4.69, 9.17) is 14.4 Å². The molecule has 0 amide bonds. The molecule has 0 saturated heterocycles. The Kier molecular flexibility index (Phi) is 5.43. The van der Waals surface area contributed by atoms with E-state index in [9.17, 15) is 0 Å². The third-order valence-electron chi connectivity index (χ3n) is 8.31. The molecule has 0 radical (unpaired) electrons. The predicted octanol–water partition coefficient (Wildman–Crippen LogP) is 9.87. The van der Waals surface area contributed by atoms with Crippen molar-refractivity contribution in [2.24, 2.45) is 0 Å². The second kappa shape index (κ2) is 9.75. The van der Waals surface area contributed by atoms with Crippen LogP contribution in [0, 0.1) is 0 Å². The Hall–Kier alpha value is -6.07. The average molecular weight is 565 g/mol. The van der Waals surface area contributed by atoms with Gasteiger partial charge in [0.1, 0.15) is 16.8 Å². The van der Waals surface area contributed by atoms with Crippen LogP contribution >= 0.6 is 0 Å². The Morgan fingerprint density at radius 2 is 1.25 bits per heavy atom. The first-order valence-electron chi connectivity index (χ1n) is 14.6. The summed E-state index contributed by atoms with van der Waals surface area (Å²) in [5.41, 5.74) is 10.5. The van der Waals surface area contributed by atoms with E-state index in [1.807, 2.05) is 73.1 Å². The smallest absolute Gasteiger partial charge is 0.180 e. The van der Waals surface area contributed by atoms with E-state index < -0.39 is 0 Å². The van der Waals surface area contributed by atoms with E-state index in [0.29, 0.717) is 11.4 Å². The van der Waals surface area contributed by atoms with Gasteiger partial charge in [0.2, 0.25) is 0 Å². The minimum Gasteiger partial charge on any atom is -0.452 e. The van der Waals surface area contributed by atoms with Gasteiger partial charge in [0, 0.05) is 39.2 Å². The van der Waals surface area contributed by atoms with E-state index in [2.05, 4.69) is 82.3 Å². The van der Waals surface area contributed by atoms with Gasteiger partial charge in [0.05, 0.1) is 17.2 Å². The molecule has 9 rings (SSSR count). The summed E-state index contributed by atoms with van der Waals surface area (Å²) in [5, 5.41) is 3.28. The van der Waals surface area contributed by atoms with Crippen LogP contribution in [0.4, 0.5) is 0 Å². The molecule has 0 fully saturated rings. The number of nitrogens with zero attached hydrogens (tertiary/aromatic N) is 4. The maximum absolute atomic E-state index is 6.49. The lowest BCUT2D eigenvalue weighted by Crippen LogP contribution is -1.95. The van der Waals surface area contributed by atoms with E-state index in [-0.39, 0.29) is 0 Å². The van der Waals surface area contributed by atoms with Crippen LogP contribution in [0.3, 0.4) is 0 Å². The Morgan fingerprint density at radius 1 is 0.523 bits per heavy atom. The fraction of sp³-hybridized carbons (Fsp3) is 0. The standard InChI is InChI=1S/C39H24N4O/c1-4-10-25(11-5-1)28-16-18-33-31(22-28)30-20-21-40-24-34(30)43(33)29-17-19-35-32(23-29)37-38(44-35)36(26-12-6-2-7-13-26)41-39(42-37)27-14-8-3-9-15-27/h1-24H. The van der Waals surface area contributed by atoms with Crippen LogP contribution in [0.1, 0.15) is 0 Å². The molecule has 0 saturated carbocycles.